The molecule has 0 bridgehead atoms. The summed E-state index contributed by atoms with van der Waals surface area (Å²) < 4.78 is 32.5. The fraction of sp³-hybridized carbons (Fsp3) is 0.368. The number of esters is 1. The van der Waals surface area contributed by atoms with E-state index in [4.69, 9.17) is 4.74 Å². The predicted octanol–water partition coefficient (Wildman–Crippen LogP) is 3.00. The number of ether oxygens (including phenoxy) is 1. The van der Waals surface area contributed by atoms with Crippen LogP contribution in [-0.2, 0) is 21.4 Å². The van der Waals surface area contributed by atoms with Gasteiger partial charge in [-0.25, -0.2) is 13.2 Å². The first-order valence-corrected chi connectivity index (χ1v) is 10.2. The van der Waals surface area contributed by atoms with Crippen LogP contribution in [0, 0.1) is 0 Å². The smallest absolute Gasteiger partial charge is 0.338 e. The Morgan fingerprint density at radius 3 is 2.50 bits per heavy atom. The van der Waals surface area contributed by atoms with Crippen molar-refractivity contribution in [3.8, 4) is 0 Å². The number of pyridine rings is 1. The first kappa shape index (κ1) is 18.5. The van der Waals surface area contributed by atoms with Gasteiger partial charge in [0.1, 0.15) is 6.61 Å². The molecule has 0 amide bonds. The number of carbonyl (C=O) groups excluding carboxylic acids is 1. The fourth-order valence-electron chi connectivity index (χ4n) is 2.92. The molecule has 0 saturated carbocycles. The number of benzene rings is 1. The van der Waals surface area contributed by atoms with E-state index >= 15 is 0 Å². The van der Waals surface area contributed by atoms with Gasteiger partial charge >= 0.3 is 5.97 Å². The zero-order valence-electron chi connectivity index (χ0n) is 14.5. The largest absolute Gasteiger partial charge is 0.456 e. The maximum Gasteiger partial charge on any atom is 0.338 e. The van der Waals surface area contributed by atoms with E-state index in [1.165, 1.54) is 16.4 Å². The quantitative estimate of drug-likeness (QED) is 0.752. The van der Waals surface area contributed by atoms with E-state index in [9.17, 15) is 13.2 Å². The SMILES string of the molecule is O=C(OCc1ccccn1)c1cccc(S(=O)(=O)N2CCCCCC2)c1. The molecular weight excluding hydrogens is 352 g/mol. The molecule has 0 aliphatic carbocycles. The van der Waals surface area contributed by atoms with Gasteiger partial charge in [0.2, 0.25) is 10.0 Å². The molecule has 1 aromatic heterocycles. The second-order valence-corrected chi connectivity index (χ2v) is 8.18. The van der Waals surface area contributed by atoms with Crippen LogP contribution in [0.25, 0.3) is 0 Å². The van der Waals surface area contributed by atoms with Crippen LogP contribution in [0.1, 0.15) is 41.7 Å². The highest BCUT2D eigenvalue weighted by Gasteiger charge is 2.26. The maximum atomic E-state index is 12.9. The summed E-state index contributed by atoms with van der Waals surface area (Å²) in [4.78, 5) is 16.5. The molecule has 2 aromatic rings. The van der Waals surface area contributed by atoms with Crippen molar-refractivity contribution in [3.63, 3.8) is 0 Å². The van der Waals surface area contributed by atoms with Crippen LogP contribution >= 0.6 is 0 Å². The Labute approximate surface area is 153 Å². The van der Waals surface area contributed by atoms with Gasteiger partial charge in [-0.2, -0.15) is 4.31 Å². The van der Waals surface area contributed by atoms with Crippen molar-refractivity contribution in [2.75, 3.05) is 13.1 Å². The lowest BCUT2D eigenvalue weighted by Gasteiger charge is -2.20. The van der Waals surface area contributed by atoms with Crippen molar-refractivity contribution >= 4 is 16.0 Å². The van der Waals surface area contributed by atoms with Crippen molar-refractivity contribution in [1.82, 2.24) is 9.29 Å². The van der Waals surface area contributed by atoms with Gasteiger partial charge in [-0.3, -0.25) is 4.98 Å². The Balaban J connectivity index is 1.73. The molecule has 0 spiro atoms. The number of sulfonamides is 1. The van der Waals surface area contributed by atoms with Gasteiger partial charge in [0.05, 0.1) is 16.2 Å². The summed E-state index contributed by atoms with van der Waals surface area (Å²) >= 11 is 0. The minimum absolute atomic E-state index is 0.0444. The Hall–Kier alpha value is -2.25. The Morgan fingerprint density at radius 1 is 1.04 bits per heavy atom. The summed E-state index contributed by atoms with van der Waals surface area (Å²) in [7, 11) is -3.60. The number of rotatable bonds is 5. The topological polar surface area (TPSA) is 76.6 Å². The highest BCUT2D eigenvalue weighted by atomic mass is 32.2. The van der Waals surface area contributed by atoms with Gasteiger partial charge in [-0.05, 0) is 43.2 Å². The summed E-state index contributed by atoms with van der Waals surface area (Å²) in [5, 5.41) is 0. The molecule has 26 heavy (non-hydrogen) atoms. The Morgan fingerprint density at radius 2 is 1.81 bits per heavy atom. The lowest BCUT2D eigenvalue weighted by molar-refractivity contribution is 0.0467. The molecule has 1 aliphatic rings. The van der Waals surface area contributed by atoms with E-state index in [1.54, 1.807) is 30.5 Å². The molecule has 1 aliphatic heterocycles. The number of nitrogens with zero attached hydrogens (tertiary/aromatic N) is 2. The molecule has 7 heteroatoms. The second-order valence-electron chi connectivity index (χ2n) is 6.24. The van der Waals surface area contributed by atoms with Crippen LogP contribution in [-0.4, -0.2) is 36.8 Å². The molecule has 6 nitrogen and oxygen atoms in total. The molecule has 1 fully saturated rings. The van der Waals surface area contributed by atoms with Crippen LogP contribution in [0.4, 0.5) is 0 Å². The normalized spacial score (nSPS) is 16.0. The molecule has 2 heterocycles. The number of carbonyl (C=O) groups is 1. The van der Waals surface area contributed by atoms with E-state index in [0.717, 1.165) is 25.7 Å². The highest BCUT2D eigenvalue weighted by molar-refractivity contribution is 7.89. The van der Waals surface area contributed by atoms with Crippen molar-refractivity contribution < 1.29 is 17.9 Å². The van der Waals surface area contributed by atoms with Gasteiger partial charge in [0.15, 0.2) is 0 Å². The Bertz CT molecular complexity index is 845. The third-order valence-electron chi connectivity index (χ3n) is 4.35. The summed E-state index contributed by atoms with van der Waals surface area (Å²) in [6.07, 6.45) is 5.45. The third-order valence-corrected chi connectivity index (χ3v) is 6.24. The Kier molecular flexibility index (Phi) is 6.00. The average molecular weight is 374 g/mol. The first-order chi connectivity index (χ1) is 12.6. The molecular formula is C19H22N2O4S. The summed E-state index contributed by atoms with van der Waals surface area (Å²) in [5.41, 5.74) is 0.853. The van der Waals surface area contributed by atoms with E-state index in [2.05, 4.69) is 4.98 Å². The highest BCUT2D eigenvalue weighted by Crippen LogP contribution is 2.21. The molecule has 0 N–H and O–H groups in total. The molecule has 0 radical (unpaired) electrons. The first-order valence-electron chi connectivity index (χ1n) is 8.74. The van der Waals surface area contributed by atoms with Crippen LogP contribution in [0.3, 0.4) is 0 Å². The average Bonchev–Trinajstić information content (AvgIpc) is 2.97. The van der Waals surface area contributed by atoms with E-state index in [1.807, 2.05) is 6.07 Å². The second kappa shape index (κ2) is 8.42. The van der Waals surface area contributed by atoms with Crippen molar-refractivity contribution in [2.24, 2.45) is 0 Å². The minimum Gasteiger partial charge on any atom is -0.456 e. The maximum absolute atomic E-state index is 12.9. The van der Waals surface area contributed by atoms with Gasteiger partial charge in [-0.1, -0.05) is 25.0 Å². The van der Waals surface area contributed by atoms with Crippen molar-refractivity contribution in [3.05, 3.63) is 59.9 Å². The van der Waals surface area contributed by atoms with Crippen LogP contribution in [0.5, 0.6) is 0 Å². The third kappa shape index (κ3) is 4.47. The van der Waals surface area contributed by atoms with Gasteiger partial charge in [0, 0.05) is 19.3 Å². The van der Waals surface area contributed by atoms with E-state index in [0.29, 0.717) is 18.8 Å². The zero-order chi connectivity index (χ0) is 18.4. The zero-order valence-corrected chi connectivity index (χ0v) is 15.3. The predicted molar refractivity (Wildman–Crippen MR) is 97.0 cm³/mol. The monoisotopic (exact) mass is 374 g/mol. The van der Waals surface area contributed by atoms with Crippen LogP contribution < -0.4 is 0 Å². The summed E-state index contributed by atoms with van der Waals surface area (Å²) in [6.45, 7) is 1.09. The lowest BCUT2D eigenvalue weighted by atomic mass is 10.2. The molecule has 138 valence electrons. The van der Waals surface area contributed by atoms with Crippen molar-refractivity contribution in [1.29, 1.82) is 0 Å². The van der Waals surface area contributed by atoms with Crippen molar-refractivity contribution in [2.45, 2.75) is 37.2 Å². The van der Waals surface area contributed by atoms with Crippen LogP contribution in [0.2, 0.25) is 0 Å². The molecule has 0 atom stereocenters. The lowest BCUT2D eigenvalue weighted by Crippen LogP contribution is -2.32. The fourth-order valence-corrected chi connectivity index (χ4v) is 4.48. The number of aromatic nitrogens is 1. The number of hydrogen-bond donors (Lipinski definition) is 0. The molecule has 0 unspecified atom stereocenters. The number of hydrogen-bond acceptors (Lipinski definition) is 5. The van der Waals surface area contributed by atoms with Gasteiger partial charge in [-0.15, -0.1) is 0 Å². The van der Waals surface area contributed by atoms with E-state index < -0.39 is 16.0 Å². The van der Waals surface area contributed by atoms with Gasteiger partial charge in [0.25, 0.3) is 0 Å². The van der Waals surface area contributed by atoms with Gasteiger partial charge < -0.3 is 4.74 Å². The van der Waals surface area contributed by atoms with Crippen LogP contribution in [0.15, 0.2) is 53.6 Å². The molecule has 3 rings (SSSR count). The molecule has 1 saturated heterocycles. The molecule has 1 aromatic carbocycles. The standard InChI is InChI=1S/C19H22N2O4S/c22-19(25-15-17-9-3-4-11-20-17)16-8-7-10-18(14-16)26(23,24)21-12-5-1-2-6-13-21/h3-4,7-11,14H,1-2,5-6,12-13,15H2. The summed E-state index contributed by atoms with van der Waals surface area (Å²) in [6, 6.07) is 11.4. The summed E-state index contributed by atoms with van der Waals surface area (Å²) in [5.74, 6) is -0.566. The minimum atomic E-state index is -3.60. The van der Waals surface area contributed by atoms with E-state index in [-0.39, 0.29) is 17.1 Å².